The molecule has 5 nitrogen and oxygen atoms in total. The fourth-order valence-corrected chi connectivity index (χ4v) is 1.79. The van der Waals surface area contributed by atoms with Crippen LogP contribution in [0.1, 0.15) is 5.69 Å². The molecular weight excluding hydrogens is 254 g/mol. The van der Waals surface area contributed by atoms with Crippen molar-refractivity contribution in [3.63, 3.8) is 0 Å². The van der Waals surface area contributed by atoms with Gasteiger partial charge in [0.05, 0.1) is 0 Å². The van der Waals surface area contributed by atoms with E-state index in [0.29, 0.717) is 5.69 Å². The summed E-state index contributed by atoms with van der Waals surface area (Å²) in [5.74, 6) is -0.243. The molecule has 0 radical (unpaired) electrons. The van der Waals surface area contributed by atoms with E-state index in [2.05, 4.69) is 5.32 Å². The van der Waals surface area contributed by atoms with E-state index in [1.807, 2.05) is 22.9 Å². The maximum atomic E-state index is 11.5. The normalized spacial score (nSPS) is 10.9. The van der Waals surface area contributed by atoms with Crippen molar-refractivity contribution in [2.24, 2.45) is 0 Å². The van der Waals surface area contributed by atoms with Crippen LogP contribution >= 0.6 is 0 Å². The molecule has 0 spiro atoms. The molecule has 1 heterocycles. The molecule has 2 N–H and O–H groups in total. The van der Waals surface area contributed by atoms with Crippen molar-refractivity contribution in [3.05, 3.63) is 53.9 Å². The van der Waals surface area contributed by atoms with Crippen LogP contribution in [0, 0.1) is 11.3 Å². The molecule has 0 aliphatic heterocycles. The second-order valence-corrected chi connectivity index (χ2v) is 4.07. The third-order valence-electron chi connectivity index (χ3n) is 2.79. The molecule has 1 aromatic carbocycles. The molecule has 20 heavy (non-hydrogen) atoms. The fraction of sp³-hybridized carbons (Fsp3) is 0.0667. The van der Waals surface area contributed by atoms with Gasteiger partial charge < -0.3 is 15.0 Å². The van der Waals surface area contributed by atoms with E-state index in [1.165, 1.54) is 13.1 Å². The number of benzene rings is 1. The maximum Gasteiger partial charge on any atom is 0.261 e. The molecule has 0 aliphatic rings. The quantitative estimate of drug-likeness (QED) is 0.658. The predicted molar refractivity (Wildman–Crippen MR) is 75.1 cm³/mol. The number of rotatable bonds is 3. The maximum absolute atomic E-state index is 11.5. The SMILES string of the molecule is CNC(=O)/C(C#N)=C/c1cccn1-c1ccc(O)cc1. The zero-order valence-corrected chi connectivity index (χ0v) is 10.9. The molecule has 2 aromatic rings. The summed E-state index contributed by atoms with van der Waals surface area (Å²) in [6, 6.07) is 12.1. The highest BCUT2D eigenvalue weighted by atomic mass is 16.3. The number of phenols is 1. The van der Waals surface area contributed by atoms with Gasteiger partial charge in [0.25, 0.3) is 5.91 Å². The Kier molecular flexibility index (Phi) is 3.87. The Balaban J connectivity index is 2.43. The highest BCUT2D eigenvalue weighted by Crippen LogP contribution is 2.18. The molecule has 2 rings (SSSR count). The van der Waals surface area contributed by atoms with E-state index < -0.39 is 5.91 Å². The first-order chi connectivity index (χ1) is 9.65. The number of aromatic nitrogens is 1. The lowest BCUT2D eigenvalue weighted by atomic mass is 10.2. The Morgan fingerprint density at radius 3 is 2.65 bits per heavy atom. The van der Waals surface area contributed by atoms with E-state index in [1.54, 1.807) is 30.3 Å². The third kappa shape index (κ3) is 2.70. The van der Waals surface area contributed by atoms with Gasteiger partial charge in [0.1, 0.15) is 17.4 Å². The highest BCUT2D eigenvalue weighted by molar-refractivity contribution is 6.01. The molecule has 0 bridgehead atoms. The van der Waals surface area contributed by atoms with Gasteiger partial charge in [-0.25, -0.2) is 0 Å². The van der Waals surface area contributed by atoms with E-state index in [4.69, 9.17) is 5.26 Å². The van der Waals surface area contributed by atoms with Gasteiger partial charge in [-0.1, -0.05) is 0 Å². The Morgan fingerprint density at radius 1 is 1.35 bits per heavy atom. The lowest BCUT2D eigenvalue weighted by molar-refractivity contribution is -0.116. The van der Waals surface area contributed by atoms with Crippen LogP contribution in [0.3, 0.4) is 0 Å². The Labute approximate surface area is 116 Å². The monoisotopic (exact) mass is 267 g/mol. The number of amides is 1. The number of nitrogens with one attached hydrogen (secondary N) is 1. The second-order valence-electron chi connectivity index (χ2n) is 4.07. The van der Waals surface area contributed by atoms with Gasteiger partial charge in [-0.3, -0.25) is 4.79 Å². The van der Waals surface area contributed by atoms with Crippen LogP contribution in [0.15, 0.2) is 48.2 Å². The van der Waals surface area contributed by atoms with Crippen LogP contribution in [0.25, 0.3) is 11.8 Å². The zero-order valence-electron chi connectivity index (χ0n) is 10.9. The minimum Gasteiger partial charge on any atom is -0.508 e. The topological polar surface area (TPSA) is 78.0 Å². The van der Waals surface area contributed by atoms with Gasteiger partial charge in [-0.05, 0) is 42.5 Å². The first-order valence-corrected chi connectivity index (χ1v) is 5.96. The number of nitrogens with zero attached hydrogens (tertiary/aromatic N) is 2. The number of hydrogen-bond donors (Lipinski definition) is 2. The van der Waals surface area contributed by atoms with Crippen molar-refractivity contribution in [1.82, 2.24) is 9.88 Å². The molecule has 0 aliphatic carbocycles. The Bertz CT molecular complexity index is 691. The van der Waals surface area contributed by atoms with Crippen LogP contribution in [0.2, 0.25) is 0 Å². The summed E-state index contributed by atoms with van der Waals surface area (Å²) in [7, 11) is 1.48. The summed E-state index contributed by atoms with van der Waals surface area (Å²) >= 11 is 0. The average Bonchev–Trinajstić information content (AvgIpc) is 2.93. The van der Waals surface area contributed by atoms with Gasteiger partial charge in [0.2, 0.25) is 0 Å². The molecule has 5 heteroatoms. The van der Waals surface area contributed by atoms with Crippen molar-refractivity contribution < 1.29 is 9.90 Å². The number of nitriles is 1. The summed E-state index contributed by atoms with van der Waals surface area (Å²) in [5, 5.41) is 20.7. The summed E-state index contributed by atoms with van der Waals surface area (Å²) in [6.07, 6.45) is 3.34. The van der Waals surface area contributed by atoms with E-state index in [0.717, 1.165) is 5.69 Å². The van der Waals surface area contributed by atoms with Gasteiger partial charge in [0, 0.05) is 24.6 Å². The number of phenolic OH excluding ortho intramolecular Hbond substituents is 1. The molecule has 1 amide bonds. The molecule has 0 saturated carbocycles. The minimum atomic E-state index is -0.425. The zero-order chi connectivity index (χ0) is 14.5. The van der Waals surface area contributed by atoms with Gasteiger partial charge in [0.15, 0.2) is 0 Å². The minimum absolute atomic E-state index is 0.0335. The average molecular weight is 267 g/mol. The summed E-state index contributed by atoms with van der Waals surface area (Å²) in [5.41, 5.74) is 1.57. The number of hydrogen-bond acceptors (Lipinski definition) is 3. The first-order valence-electron chi connectivity index (χ1n) is 5.96. The van der Waals surface area contributed by atoms with E-state index in [9.17, 15) is 9.90 Å². The van der Waals surface area contributed by atoms with Gasteiger partial charge in [-0.2, -0.15) is 5.26 Å². The van der Waals surface area contributed by atoms with Gasteiger partial charge in [-0.15, -0.1) is 0 Å². The molecule has 0 saturated heterocycles. The lowest BCUT2D eigenvalue weighted by Gasteiger charge is -2.07. The molecule has 100 valence electrons. The highest BCUT2D eigenvalue weighted by Gasteiger charge is 2.08. The molecule has 0 fully saturated rings. The van der Waals surface area contributed by atoms with Crippen molar-refractivity contribution >= 4 is 12.0 Å². The van der Waals surface area contributed by atoms with E-state index >= 15 is 0 Å². The van der Waals surface area contributed by atoms with E-state index in [-0.39, 0.29) is 11.3 Å². The summed E-state index contributed by atoms with van der Waals surface area (Å²) in [4.78, 5) is 11.5. The lowest BCUT2D eigenvalue weighted by Crippen LogP contribution is -2.19. The summed E-state index contributed by atoms with van der Waals surface area (Å²) in [6.45, 7) is 0. The van der Waals surface area contributed by atoms with Gasteiger partial charge >= 0.3 is 0 Å². The van der Waals surface area contributed by atoms with Crippen LogP contribution < -0.4 is 5.32 Å². The van der Waals surface area contributed by atoms with Crippen molar-refractivity contribution in [2.75, 3.05) is 7.05 Å². The Morgan fingerprint density at radius 2 is 2.05 bits per heavy atom. The summed E-state index contributed by atoms with van der Waals surface area (Å²) < 4.78 is 1.82. The van der Waals surface area contributed by atoms with Crippen LogP contribution in [0.5, 0.6) is 5.75 Å². The molecular formula is C15H13N3O2. The van der Waals surface area contributed by atoms with Crippen molar-refractivity contribution in [2.45, 2.75) is 0 Å². The number of likely N-dealkylation sites (N-methyl/N-ethyl adjacent to an activating group) is 1. The molecule has 1 aromatic heterocycles. The molecule has 0 unspecified atom stereocenters. The number of carbonyl (C=O) groups is 1. The van der Waals surface area contributed by atoms with Crippen molar-refractivity contribution in [1.29, 1.82) is 5.26 Å². The van der Waals surface area contributed by atoms with Crippen LogP contribution in [-0.4, -0.2) is 22.6 Å². The first kappa shape index (κ1) is 13.4. The van der Waals surface area contributed by atoms with Crippen LogP contribution in [-0.2, 0) is 4.79 Å². The predicted octanol–water partition coefficient (Wildman–Crippen LogP) is 1.84. The second kappa shape index (κ2) is 5.76. The smallest absolute Gasteiger partial charge is 0.261 e. The largest absolute Gasteiger partial charge is 0.508 e. The number of carbonyl (C=O) groups excluding carboxylic acids is 1. The fourth-order valence-electron chi connectivity index (χ4n) is 1.79. The third-order valence-corrected chi connectivity index (χ3v) is 2.79. The Hall–Kier alpha value is -3.00. The van der Waals surface area contributed by atoms with Crippen molar-refractivity contribution in [3.8, 4) is 17.5 Å². The molecule has 0 atom stereocenters. The standard InChI is InChI=1S/C15H13N3O2/c1-17-15(20)11(10-16)9-13-3-2-8-18(13)12-4-6-14(19)7-5-12/h2-9,19H,1H3,(H,17,20)/b11-9+. The number of aromatic hydroxyl groups is 1. The van der Waals surface area contributed by atoms with Crippen LogP contribution in [0.4, 0.5) is 0 Å².